The van der Waals surface area contributed by atoms with Crippen molar-refractivity contribution in [2.24, 2.45) is 0 Å². The van der Waals surface area contributed by atoms with Gasteiger partial charge in [0, 0.05) is 23.1 Å². The fourth-order valence-corrected chi connectivity index (χ4v) is 4.00. The first-order valence-electron chi connectivity index (χ1n) is 9.09. The van der Waals surface area contributed by atoms with E-state index in [-0.39, 0.29) is 18.2 Å². The lowest BCUT2D eigenvalue weighted by molar-refractivity contribution is -0.116. The van der Waals surface area contributed by atoms with Crippen LogP contribution in [0.15, 0.2) is 65.7 Å². The normalized spacial score (nSPS) is 11.2. The van der Waals surface area contributed by atoms with Crippen molar-refractivity contribution in [2.45, 2.75) is 31.4 Å². The van der Waals surface area contributed by atoms with Crippen molar-refractivity contribution in [1.29, 1.82) is 0 Å². The van der Waals surface area contributed by atoms with Crippen molar-refractivity contribution in [3.05, 3.63) is 76.8 Å². The number of unbranched alkanes of at least 4 members (excludes halogenated alkanes) is 1. The quantitative estimate of drug-likeness (QED) is 0.382. The zero-order valence-electron chi connectivity index (χ0n) is 15.7. The van der Waals surface area contributed by atoms with E-state index in [2.05, 4.69) is 44.7 Å². The highest BCUT2D eigenvalue weighted by atomic mass is 79.9. The fourth-order valence-electron chi connectivity index (χ4n) is 2.63. The molecular weight excluding hydrogens is 440 g/mol. The maximum absolute atomic E-state index is 12.1. The summed E-state index contributed by atoms with van der Waals surface area (Å²) < 4.78 is 27.2. The predicted molar refractivity (Wildman–Crippen MR) is 118 cm³/mol. The number of benzene rings is 2. The Kier molecular flexibility index (Phi) is 8.89. The monoisotopic (exact) mass is 464 g/mol. The molecule has 0 unspecified atom stereocenters. The molecule has 7 heteroatoms. The summed E-state index contributed by atoms with van der Waals surface area (Å²) >= 11 is 3.42. The van der Waals surface area contributed by atoms with Crippen molar-refractivity contribution in [2.75, 3.05) is 11.9 Å². The predicted octanol–water partition coefficient (Wildman–Crippen LogP) is 4.41. The topological polar surface area (TPSA) is 75.3 Å². The summed E-state index contributed by atoms with van der Waals surface area (Å²) in [7, 11) is -3.38. The average molecular weight is 465 g/mol. The Bertz CT molecular complexity index is 879. The van der Waals surface area contributed by atoms with E-state index in [1.54, 1.807) is 24.3 Å². The number of carbonyl (C=O) groups is 1. The van der Waals surface area contributed by atoms with Crippen LogP contribution in [0.4, 0.5) is 5.69 Å². The third kappa shape index (κ3) is 8.37. The van der Waals surface area contributed by atoms with E-state index < -0.39 is 10.0 Å². The molecule has 0 aliphatic heterocycles. The second kappa shape index (κ2) is 11.1. The van der Waals surface area contributed by atoms with E-state index in [1.807, 2.05) is 12.1 Å². The van der Waals surface area contributed by atoms with Gasteiger partial charge in [-0.25, -0.2) is 13.1 Å². The molecule has 0 bridgehead atoms. The minimum absolute atomic E-state index is 0.0381. The van der Waals surface area contributed by atoms with Gasteiger partial charge in [-0.2, -0.15) is 0 Å². The van der Waals surface area contributed by atoms with Gasteiger partial charge in [-0.05, 0) is 54.7 Å². The third-order valence-electron chi connectivity index (χ3n) is 4.07. The minimum atomic E-state index is -3.38. The molecule has 0 aliphatic carbocycles. The van der Waals surface area contributed by atoms with E-state index in [0.29, 0.717) is 17.7 Å². The second-order valence-corrected chi connectivity index (χ2v) is 9.20. The lowest BCUT2D eigenvalue weighted by Gasteiger charge is -2.08. The number of hydrogen-bond donors (Lipinski definition) is 2. The lowest BCUT2D eigenvalue weighted by atomic mass is 10.1. The molecule has 28 heavy (non-hydrogen) atoms. The lowest BCUT2D eigenvalue weighted by Crippen LogP contribution is -2.25. The summed E-state index contributed by atoms with van der Waals surface area (Å²) in [6.07, 6.45) is 4.66. The summed E-state index contributed by atoms with van der Waals surface area (Å²) in [6, 6.07) is 15.1. The number of anilines is 1. The van der Waals surface area contributed by atoms with Crippen LogP contribution in [0.25, 0.3) is 0 Å². The molecule has 0 saturated heterocycles. The number of amides is 1. The average Bonchev–Trinajstić information content (AvgIpc) is 2.66. The minimum Gasteiger partial charge on any atom is -0.326 e. The molecule has 2 aromatic rings. The Morgan fingerprint density at radius 1 is 1.00 bits per heavy atom. The molecule has 0 fully saturated rings. The van der Waals surface area contributed by atoms with Crippen LogP contribution in [0.5, 0.6) is 0 Å². The summed E-state index contributed by atoms with van der Waals surface area (Å²) in [4.78, 5) is 12.1. The van der Waals surface area contributed by atoms with Crippen LogP contribution >= 0.6 is 15.9 Å². The van der Waals surface area contributed by atoms with Crippen LogP contribution < -0.4 is 10.0 Å². The van der Waals surface area contributed by atoms with E-state index >= 15 is 0 Å². The molecule has 2 rings (SSSR count). The molecule has 2 aromatic carbocycles. The summed E-state index contributed by atoms with van der Waals surface area (Å²) in [5.41, 5.74) is 2.58. The number of aryl methyl sites for hydroxylation is 1. The summed E-state index contributed by atoms with van der Waals surface area (Å²) in [5.74, 6) is -0.144. The maximum atomic E-state index is 12.1. The van der Waals surface area contributed by atoms with Crippen molar-refractivity contribution in [3.8, 4) is 0 Å². The van der Waals surface area contributed by atoms with Gasteiger partial charge in [0.2, 0.25) is 15.9 Å². The molecule has 0 aromatic heterocycles. The van der Waals surface area contributed by atoms with Crippen molar-refractivity contribution in [1.82, 2.24) is 4.72 Å². The summed E-state index contributed by atoms with van der Waals surface area (Å²) in [5, 5.41) is 2.85. The smallest absolute Gasteiger partial charge is 0.224 e. The first-order chi connectivity index (χ1) is 13.4. The van der Waals surface area contributed by atoms with Crippen LogP contribution in [0, 0.1) is 0 Å². The van der Waals surface area contributed by atoms with Crippen LogP contribution in [-0.4, -0.2) is 20.9 Å². The number of carbonyl (C=O) groups excluding carboxylic acids is 1. The third-order valence-corrected chi connectivity index (χ3v) is 5.92. The maximum Gasteiger partial charge on any atom is 0.224 e. The van der Waals surface area contributed by atoms with E-state index in [0.717, 1.165) is 23.7 Å². The number of sulfonamides is 1. The molecule has 0 saturated carbocycles. The Morgan fingerprint density at radius 3 is 2.29 bits per heavy atom. The first-order valence-corrected chi connectivity index (χ1v) is 11.5. The van der Waals surface area contributed by atoms with E-state index in [9.17, 15) is 13.2 Å². The molecular formula is C21H25BrN2O3S. The van der Waals surface area contributed by atoms with Gasteiger partial charge in [0.25, 0.3) is 0 Å². The van der Waals surface area contributed by atoms with Gasteiger partial charge < -0.3 is 5.32 Å². The van der Waals surface area contributed by atoms with Gasteiger partial charge in [-0.15, -0.1) is 6.58 Å². The molecule has 5 nitrogen and oxygen atoms in total. The Balaban J connectivity index is 1.73. The highest BCUT2D eigenvalue weighted by Crippen LogP contribution is 2.14. The van der Waals surface area contributed by atoms with Gasteiger partial charge in [0.1, 0.15) is 0 Å². The highest BCUT2D eigenvalue weighted by Gasteiger charge is 2.10. The number of rotatable bonds is 11. The van der Waals surface area contributed by atoms with Crippen LogP contribution in [-0.2, 0) is 27.0 Å². The second-order valence-electron chi connectivity index (χ2n) is 6.47. The molecule has 1 amide bonds. The Morgan fingerprint density at radius 2 is 1.64 bits per heavy atom. The molecule has 0 atom stereocenters. The number of halogens is 1. The largest absolute Gasteiger partial charge is 0.326 e. The van der Waals surface area contributed by atoms with Crippen molar-refractivity contribution in [3.63, 3.8) is 0 Å². The van der Waals surface area contributed by atoms with Gasteiger partial charge >= 0.3 is 0 Å². The Hall–Kier alpha value is -1.96. The fraction of sp³-hybridized carbons (Fsp3) is 0.286. The number of nitrogens with one attached hydrogen (secondary N) is 2. The zero-order valence-corrected chi connectivity index (χ0v) is 18.1. The van der Waals surface area contributed by atoms with Crippen LogP contribution in [0.1, 0.15) is 30.4 Å². The van der Waals surface area contributed by atoms with Crippen molar-refractivity contribution < 1.29 is 13.2 Å². The van der Waals surface area contributed by atoms with Crippen LogP contribution in [0.3, 0.4) is 0 Å². The van der Waals surface area contributed by atoms with E-state index in [4.69, 9.17) is 0 Å². The standard InChI is InChI=1S/C21H25BrN2O3S/c1-2-15-23-28(26,27)16-18-9-13-20(14-10-18)24-21(25)6-4-3-5-17-7-11-19(22)12-8-17/h2,7-14,23H,1,3-6,15-16H2,(H,24,25). The summed E-state index contributed by atoms with van der Waals surface area (Å²) in [6.45, 7) is 3.69. The molecule has 0 spiro atoms. The van der Waals surface area contributed by atoms with Crippen LogP contribution in [0.2, 0.25) is 0 Å². The van der Waals surface area contributed by atoms with Gasteiger partial charge in [-0.1, -0.05) is 46.3 Å². The SMILES string of the molecule is C=CCNS(=O)(=O)Cc1ccc(NC(=O)CCCCc2ccc(Br)cc2)cc1. The van der Waals surface area contributed by atoms with E-state index in [1.165, 1.54) is 11.6 Å². The molecule has 0 radical (unpaired) electrons. The van der Waals surface area contributed by atoms with Crippen molar-refractivity contribution >= 4 is 37.5 Å². The molecule has 0 aliphatic rings. The molecule has 150 valence electrons. The zero-order chi connectivity index (χ0) is 20.4. The molecule has 2 N–H and O–H groups in total. The number of hydrogen-bond acceptors (Lipinski definition) is 3. The first kappa shape index (κ1) is 22.3. The van der Waals surface area contributed by atoms with Gasteiger partial charge in [-0.3, -0.25) is 4.79 Å². The molecule has 0 heterocycles. The highest BCUT2D eigenvalue weighted by molar-refractivity contribution is 9.10. The van der Waals surface area contributed by atoms with Gasteiger partial charge in [0.05, 0.1) is 5.75 Å². The van der Waals surface area contributed by atoms with Gasteiger partial charge in [0.15, 0.2) is 0 Å². The Labute approximate surface area is 175 Å².